The van der Waals surface area contributed by atoms with Gasteiger partial charge in [0.25, 0.3) is 5.91 Å². The molecule has 0 aliphatic carbocycles. The number of carbonyl (C=O) groups is 1. The Balaban J connectivity index is 2.12. The number of amides is 1. The predicted molar refractivity (Wildman–Crippen MR) is 83.6 cm³/mol. The number of rotatable bonds is 6. The Morgan fingerprint density at radius 3 is 2.52 bits per heavy atom. The molecule has 0 saturated heterocycles. The Morgan fingerprint density at radius 1 is 1.30 bits per heavy atom. The first-order valence-corrected chi connectivity index (χ1v) is 7.45. The van der Waals surface area contributed by atoms with E-state index in [2.05, 4.69) is 20.5 Å². The number of aliphatic hydroxyl groups excluding tert-OH is 1. The van der Waals surface area contributed by atoms with Crippen molar-refractivity contribution >= 4 is 29.1 Å². The molecule has 2 rings (SSSR count). The number of nitrogens with zero attached hydrogens (tertiary/aromatic N) is 3. The number of nitrogens with one attached hydrogen (secondary N) is 1. The number of halogens is 3. The maximum absolute atomic E-state index is 13.1. The number of aromatic nitrogens is 3. The molecule has 2 N–H and O–H groups in total. The van der Waals surface area contributed by atoms with Gasteiger partial charge in [0.2, 0.25) is 0 Å². The molecular weight excluding hydrogens is 346 g/mol. The van der Waals surface area contributed by atoms with Crippen LogP contribution in [0.3, 0.4) is 0 Å². The molecule has 1 amide bonds. The molecular formula is C14H13Cl2FN4O2. The molecule has 23 heavy (non-hydrogen) atoms. The lowest BCUT2D eigenvalue weighted by atomic mass is 10.0. The van der Waals surface area contributed by atoms with Gasteiger partial charge in [0.05, 0.1) is 12.2 Å². The van der Waals surface area contributed by atoms with Gasteiger partial charge in [-0.2, -0.15) is 0 Å². The zero-order valence-electron chi connectivity index (χ0n) is 11.7. The number of carbonyl (C=O) groups excluding carboxylic acids is 1. The molecule has 2 aromatic rings. The van der Waals surface area contributed by atoms with Gasteiger partial charge in [-0.25, -0.2) is 9.37 Å². The zero-order valence-corrected chi connectivity index (χ0v) is 13.2. The van der Waals surface area contributed by atoms with Crippen LogP contribution in [0.25, 0.3) is 11.3 Å². The molecule has 0 saturated carbocycles. The van der Waals surface area contributed by atoms with Crippen molar-refractivity contribution in [3.63, 3.8) is 0 Å². The van der Waals surface area contributed by atoms with Gasteiger partial charge in [0.1, 0.15) is 24.8 Å². The number of hydrogen-bond acceptors (Lipinski definition) is 5. The van der Waals surface area contributed by atoms with E-state index in [0.29, 0.717) is 11.3 Å². The van der Waals surface area contributed by atoms with E-state index in [0.717, 1.165) is 5.56 Å². The van der Waals surface area contributed by atoms with Crippen LogP contribution in [0, 0.1) is 0 Å². The first-order chi connectivity index (χ1) is 11.0. The Morgan fingerprint density at radius 2 is 2.00 bits per heavy atom. The van der Waals surface area contributed by atoms with Crippen LogP contribution in [-0.4, -0.2) is 43.7 Å². The fourth-order valence-electron chi connectivity index (χ4n) is 1.91. The highest BCUT2D eigenvalue weighted by Gasteiger charge is 2.25. The largest absolute Gasteiger partial charge is 0.386 e. The maximum atomic E-state index is 13.1. The number of benzene rings is 1. The second kappa shape index (κ2) is 8.14. The van der Waals surface area contributed by atoms with E-state index in [1.807, 2.05) is 0 Å². The standard InChI is InChI=1S/C14H13Cl2FN4O2/c15-13(16)14(23)20-10(5-17)12(22)9-3-1-8(2-4-9)11-6-18-7-19-21-11/h1-4,6-7,10,12-13,22H,5H2,(H,20,23)/t10-,12-/m1/s1. The Hall–Kier alpha value is -1.83. The molecule has 9 heteroatoms. The third-order valence-electron chi connectivity index (χ3n) is 3.10. The molecule has 2 atom stereocenters. The van der Waals surface area contributed by atoms with Crippen LogP contribution in [0.2, 0.25) is 0 Å². The SMILES string of the molecule is O=C(N[C@H](CF)[C@H](O)c1ccc(-c2cncnn2)cc1)C(Cl)Cl. The smallest absolute Gasteiger partial charge is 0.253 e. The van der Waals surface area contributed by atoms with Crippen LogP contribution >= 0.6 is 23.2 Å². The Kier molecular flexibility index (Phi) is 6.20. The van der Waals surface area contributed by atoms with Crippen LogP contribution < -0.4 is 5.32 Å². The molecule has 6 nitrogen and oxygen atoms in total. The molecule has 0 aliphatic rings. The normalized spacial score (nSPS) is 13.6. The molecule has 122 valence electrons. The monoisotopic (exact) mass is 358 g/mol. The molecule has 0 bridgehead atoms. The lowest BCUT2D eigenvalue weighted by molar-refractivity contribution is -0.121. The molecule has 0 unspecified atom stereocenters. The van der Waals surface area contributed by atoms with Crippen LogP contribution in [-0.2, 0) is 4.79 Å². The summed E-state index contributed by atoms with van der Waals surface area (Å²) in [4.78, 5) is 13.9. The molecule has 1 aromatic heterocycles. The topological polar surface area (TPSA) is 88.0 Å². The van der Waals surface area contributed by atoms with Crippen molar-refractivity contribution in [3.05, 3.63) is 42.4 Å². The van der Waals surface area contributed by atoms with Gasteiger partial charge in [-0.1, -0.05) is 47.5 Å². The summed E-state index contributed by atoms with van der Waals surface area (Å²) in [5, 5.41) is 20.0. The van der Waals surface area contributed by atoms with Crippen molar-refractivity contribution < 1.29 is 14.3 Å². The van der Waals surface area contributed by atoms with Gasteiger partial charge >= 0.3 is 0 Å². The van der Waals surface area contributed by atoms with Crippen molar-refractivity contribution in [3.8, 4) is 11.3 Å². The third kappa shape index (κ3) is 4.57. The average Bonchev–Trinajstić information content (AvgIpc) is 2.59. The van der Waals surface area contributed by atoms with Gasteiger partial charge in [-0.15, -0.1) is 10.2 Å². The molecule has 0 aliphatic heterocycles. The van der Waals surface area contributed by atoms with Crippen LogP contribution in [0.5, 0.6) is 0 Å². The minimum atomic E-state index is -1.33. The maximum Gasteiger partial charge on any atom is 0.253 e. The molecule has 1 aromatic carbocycles. The van der Waals surface area contributed by atoms with Crippen molar-refractivity contribution in [2.24, 2.45) is 0 Å². The summed E-state index contributed by atoms with van der Waals surface area (Å²) in [7, 11) is 0. The number of alkyl halides is 3. The van der Waals surface area contributed by atoms with Crippen molar-refractivity contribution in [2.45, 2.75) is 17.0 Å². The van der Waals surface area contributed by atoms with E-state index in [4.69, 9.17) is 23.2 Å². The lowest BCUT2D eigenvalue weighted by Gasteiger charge is -2.22. The van der Waals surface area contributed by atoms with Gasteiger partial charge in [0.15, 0.2) is 4.84 Å². The van der Waals surface area contributed by atoms with Gasteiger partial charge in [0, 0.05) is 5.56 Å². The fraction of sp³-hybridized carbons (Fsp3) is 0.286. The molecule has 0 radical (unpaired) electrons. The fourth-order valence-corrected chi connectivity index (χ4v) is 2.04. The zero-order chi connectivity index (χ0) is 16.8. The van der Waals surface area contributed by atoms with E-state index >= 15 is 0 Å². The summed E-state index contributed by atoms with van der Waals surface area (Å²) >= 11 is 10.8. The second-order valence-electron chi connectivity index (χ2n) is 4.63. The minimum absolute atomic E-state index is 0.425. The Bertz CT molecular complexity index is 643. The third-order valence-corrected chi connectivity index (χ3v) is 3.50. The van der Waals surface area contributed by atoms with Gasteiger partial charge in [-0.3, -0.25) is 4.79 Å². The number of hydrogen-bond donors (Lipinski definition) is 2. The van der Waals surface area contributed by atoms with E-state index in [1.165, 1.54) is 6.33 Å². The summed E-state index contributed by atoms with van der Waals surface area (Å²) in [5.41, 5.74) is 1.73. The van der Waals surface area contributed by atoms with Crippen molar-refractivity contribution in [1.29, 1.82) is 0 Å². The molecule has 1 heterocycles. The Labute approximate surface area is 141 Å². The van der Waals surface area contributed by atoms with E-state index in [9.17, 15) is 14.3 Å². The second-order valence-corrected chi connectivity index (χ2v) is 5.73. The van der Waals surface area contributed by atoms with Gasteiger partial charge in [-0.05, 0) is 5.56 Å². The highest BCUT2D eigenvalue weighted by molar-refractivity contribution is 6.53. The van der Waals surface area contributed by atoms with E-state index in [1.54, 1.807) is 30.5 Å². The molecule has 0 spiro atoms. The van der Waals surface area contributed by atoms with Crippen LogP contribution in [0.15, 0.2) is 36.8 Å². The van der Waals surface area contributed by atoms with Crippen LogP contribution in [0.4, 0.5) is 4.39 Å². The van der Waals surface area contributed by atoms with Crippen molar-refractivity contribution in [2.75, 3.05) is 6.67 Å². The first kappa shape index (κ1) is 17.5. The molecule has 0 fully saturated rings. The average molecular weight is 359 g/mol. The van der Waals surface area contributed by atoms with E-state index in [-0.39, 0.29) is 0 Å². The first-order valence-electron chi connectivity index (χ1n) is 6.58. The minimum Gasteiger partial charge on any atom is -0.386 e. The summed E-state index contributed by atoms with van der Waals surface area (Å²) in [5.74, 6) is -0.766. The van der Waals surface area contributed by atoms with Crippen LogP contribution in [0.1, 0.15) is 11.7 Å². The highest BCUT2D eigenvalue weighted by Crippen LogP contribution is 2.22. The number of aliphatic hydroxyl groups is 1. The summed E-state index contributed by atoms with van der Waals surface area (Å²) in [6.45, 7) is -0.969. The highest BCUT2D eigenvalue weighted by atomic mass is 35.5. The van der Waals surface area contributed by atoms with Gasteiger partial charge < -0.3 is 10.4 Å². The quantitative estimate of drug-likeness (QED) is 0.769. The lowest BCUT2D eigenvalue weighted by Crippen LogP contribution is -2.43. The predicted octanol–water partition coefficient (Wildman–Crippen LogP) is 1.83. The summed E-state index contributed by atoms with van der Waals surface area (Å²) < 4.78 is 13.1. The van der Waals surface area contributed by atoms with Crippen molar-refractivity contribution in [1.82, 2.24) is 20.5 Å². The van der Waals surface area contributed by atoms with E-state index < -0.39 is 29.6 Å². The summed E-state index contributed by atoms with van der Waals surface area (Å²) in [6, 6.07) is 5.43. The summed E-state index contributed by atoms with van der Waals surface area (Å²) in [6.07, 6.45) is 1.62.